The van der Waals surface area contributed by atoms with Gasteiger partial charge in [-0.1, -0.05) is 364 Å². The minimum atomic E-state index is -0.864. The first kappa shape index (κ1) is 74.3. The van der Waals surface area contributed by atoms with Crippen LogP contribution in [-0.2, 0) is 4.79 Å². The normalized spacial score (nSPS) is 12.9. The van der Waals surface area contributed by atoms with Crippen molar-refractivity contribution in [2.75, 3.05) is 6.61 Å². The number of nitrogens with one attached hydrogen (secondary N) is 1. The summed E-state index contributed by atoms with van der Waals surface area (Å²) in [6.07, 6.45) is 94.9. The zero-order chi connectivity index (χ0) is 54.8. The molecule has 4 heteroatoms. The molecular formula is C72H137NO3. The fourth-order valence-corrected chi connectivity index (χ4v) is 11.0. The fraction of sp³-hybridized carbons (Fsp3) is 0.875. The average molecular weight is 1060 g/mol. The Morgan fingerprint density at radius 1 is 0.316 bits per heavy atom. The van der Waals surface area contributed by atoms with Crippen LogP contribution in [0.3, 0.4) is 0 Å². The van der Waals surface area contributed by atoms with Gasteiger partial charge in [0.25, 0.3) is 0 Å². The zero-order valence-corrected chi connectivity index (χ0v) is 51.8. The molecule has 0 saturated carbocycles. The van der Waals surface area contributed by atoms with Gasteiger partial charge in [-0.3, -0.25) is 4.79 Å². The molecule has 0 aliphatic carbocycles. The van der Waals surface area contributed by atoms with Crippen LogP contribution in [0.5, 0.6) is 0 Å². The van der Waals surface area contributed by atoms with Crippen molar-refractivity contribution in [3.63, 3.8) is 0 Å². The molecule has 0 saturated heterocycles. The van der Waals surface area contributed by atoms with Gasteiger partial charge in [0.1, 0.15) is 0 Å². The van der Waals surface area contributed by atoms with E-state index in [2.05, 4.69) is 55.6 Å². The van der Waals surface area contributed by atoms with Gasteiger partial charge in [0.2, 0.25) is 5.91 Å². The number of carbonyl (C=O) groups excluding carboxylic acids is 1. The van der Waals surface area contributed by atoms with Crippen LogP contribution < -0.4 is 5.32 Å². The Hall–Kier alpha value is -1.65. The molecule has 0 aliphatic rings. The fourth-order valence-electron chi connectivity index (χ4n) is 11.0. The molecule has 0 aromatic heterocycles. The van der Waals surface area contributed by atoms with Gasteiger partial charge in [0.05, 0.1) is 18.8 Å². The summed E-state index contributed by atoms with van der Waals surface area (Å²) in [7, 11) is 0. The Labute approximate surface area is 477 Å². The van der Waals surface area contributed by atoms with Crippen molar-refractivity contribution >= 4 is 5.91 Å². The first-order chi connectivity index (χ1) is 37.7. The molecule has 0 radical (unpaired) electrons. The third-order valence-electron chi connectivity index (χ3n) is 16.3. The summed E-state index contributed by atoms with van der Waals surface area (Å²) in [4.78, 5) is 12.5. The third kappa shape index (κ3) is 63.2. The van der Waals surface area contributed by atoms with Gasteiger partial charge in [0, 0.05) is 6.42 Å². The van der Waals surface area contributed by atoms with E-state index in [1.165, 1.54) is 327 Å². The first-order valence-corrected chi connectivity index (χ1v) is 34.9. The van der Waals surface area contributed by atoms with E-state index in [4.69, 9.17) is 0 Å². The molecule has 2 unspecified atom stereocenters. The predicted octanol–water partition coefficient (Wildman–Crippen LogP) is 23.7. The van der Waals surface area contributed by atoms with E-state index in [1.54, 1.807) is 6.08 Å². The van der Waals surface area contributed by atoms with E-state index in [1.807, 2.05) is 6.08 Å². The zero-order valence-electron chi connectivity index (χ0n) is 51.8. The summed E-state index contributed by atoms with van der Waals surface area (Å²) in [5, 5.41) is 23.2. The molecule has 0 bridgehead atoms. The molecule has 4 nitrogen and oxygen atoms in total. The first-order valence-electron chi connectivity index (χ1n) is 34.9. The molecule has 0 aliphatic heterocycles. The molecule has 448 valence electrons. The highest BCUT2D eigenvalue weighted by atomic mass is 16.3. The molecule has 76 heavy (non-hydrogen) atoms. The Balaban J connectivity index is 3.45. The summed E-state index contributed by atoms with van der Waals surface area (Å²) >= 11 is 0. The SMILES string of the molecule is CCCCCCCCCCCCCCCCC/C=C\C/C=C\CCCCCCCCCCCCCCCCCCCC(=O)NC(CO)C(O)/C=C/CC/C=C/CCCCCCCCCCCCCCCCCCCCC. The van der Waals surface area contributed by atoms with Crippen molar-refractivity contribution in [1.82, 2.24) is 5.32 Å². The van der Waals surface area contributed by atoms with Crippen LogP contribution in [0.25, 0.3) is 0 Å². The number of allylic oxidation sites excluding steroid dienone is 7. The van der Waals surface area contributed by atoms with Crippen molar-refractivity contribution < 1.29 is 15.0 Å². The number of hydrogen-bond donors (Lipinski definition) is 3. The standard InChI is InChI=1S/C72H137NO3/c1-3-5-7-9-11-13-15-17-19-21-23-25-27-29-30-31-32-33-34-35-36-37-38-39-40-41-42-44-46-48-50-52-54-56-58-60-62-64-66-68-72(76)73-70(69-74)71(75)67-65-63-61-59-57-55-53-51-49-47-45-43-28-26-24-22-20-18-16-14-12-10-8-6-4-2/h32-33,35-36,57,59,65,67,70-71,74-75H,3-31,34,37-56,58,60-64,66,68-69H2,1-2H3,(H,73,76)/b33-32-,36-35-,59-57+,67-65+. The van der Waals surface area contributed by atoms with Crippen molar-refractivity contribution in [2.45, 2.75) is 398 Å². The predicted molar refractivity (Wildman–Crippen MR) is 341 cm³/mol. The molecular weight excluding hydrogens is 927 g/mol. The summed E-state index contributed by atoms with van der Waals surface area (Å²) in [5.74, 6) is -0.0679. The van der Waals surface area contributed by atoms with Gasteiger partial charge in [-0.15, -0.1) is 0 Å². The molecule has 0 fully saturated rings. The van der Waals surface area contributed by atoms with Gasteiger partial charge in [0.15, 0.2) is 0 Å². The van der Waals surface area contributed by atoms with E-state index >= 15 is 0 Å². The van der Waals surface area contributed by atoms with Crippen molar-refractivity contribution in [1.29, 1.82) is 0 Å². The van der Waals surface area contributed by atoms with Crippen LogP contribution in [-0.4, -0.2) is 34.9 Å². The number of aliphatic hydroxyl groups is 2. The van der Waals surface area contributed by atoms with E-state index in [0.29, 0.717) is 6.42 Å². The number of carbonyl (C=O) groups is 1. The number of aliphatic hydroxyl groups excluding tert-OH is 2. The second kappa shape index (κ2) is 67.6. The maximum atomic E-state index is 12.5. The topological polar surface area (TPSA) is 69.6 Å². The smallest absolute Gasteiger partial charge is 0.220 e. The van der Waals surface area contributed by atoms with E-state index < -0.39 is 12.1 Å². The molecule has 0 rings (SSSR count). The van der Waals surface area contributed by atoms with Crippen LogP contribution in [0.2, 0.25) is 0 Å². The molecule has 1 amide bonds. The van der Waals surface area contributed by atoms with Gasteiger partial charge in [-0.25, -0.2) is 0 Å². The van der Waals surface area contributed by atoms with Crippen molar-refractivity contribution in [3.05, 3.63) is 48.6 Å². The van der Waals surface area contributed by atoms with Crippen LogP contribution in [0, 0.1) is 0 Å². The van der Waals surface area contributed by atoms with Gasteiger partial charge in [-0.2, -0.15) is 0 Å². The number of amides is 1. The molecule has 0 aromatic rings. The maximum Gasteiger partial charge on any atom is 0.220 e. The lowest BCUT2D eigenvalue weighted by atomic mass is 10.0. The Morgan fingerprint density at radius 2 is 0.553 bits per heavy atom. The molecule has 0 spiro atoms. The Morgan fingerprint density at radius 3 is 0.842 bits per heavy atom. The monoisotopic (exact) mass is 1060 g/mol. The van der Waals surface area contributed by atoms with Crippen LogP contribution >= 0.6 is 0 Å². The van der Waals surface area contributed by atoms with Gasteiger partial charge >= 0.3 is 0 Å². The van der Waals surface area contributed by atoms with Crippen LogP contribution in [0.15, 0.2) is 48.6 Å². The minimum absolute atomic E-state index is 0.0679. The lowest BCUT2D eigenvalue weighted by Gasteiger charge is -2.19. The highest BCUT2D eigenvalue weighted by molar-refractivity contribution is 5.76. The van der Waals surface area contributed by atoms with Gasteiger partial charge < -0.3 is 15.5 Å². The summed E-state index contributed by atoms with van der Waals surface area (Å²) in [6, 6.07) is -0.641. The average Bonchev–Trinajstić information content (AvgIpc) is 3.42. The largest absolute Gasteiger partial charge is 0.394 e. The van der Waals surface area contributed by atoms with E-state index in [0.717, 1.165) is 38.5 Å². The van der Waals surface area contributed by atoms with Crippen LogP contribution in [0.4, 0.5) is 0 Å². The molecule has 3 N–H and O–H groups in total. The second-order valence-corrected chi connectivity index (χ2v) is 23.9. The van der Waals surface area contributed by atoms with Crippen molar-refractivity contribution in [2.24, 2.45) is 0 Å². The number of hydrogen-bond acceptors (Lipinski definition) is 3. The van der Waals surface area contributed by atoms with E-state index in [-0.39, 0.29) is 12.5 Å². The van der Waals surface area contributed by atoms with E-state index in [9.17, 15) is 15.0 Å². The third-order valence-corrected chi connectivity index (χ3v) is 16.3. The lowest BCUT2D eigenvalue weighted by Crippen LogP contribution is -2.45. The molecule has 2 atom stereocenters. The Kier molecular flexibility index (Phi) is 66.2. The highest BCUT2D eigenvalue weighted by Crippen LogP contribution is 2.18. The molecule has 0 heterocycles. The highest BCUT2D eigenvalue weighted by Gasteiger charge is 2.18. The van der Waals surface area contributed by atoms with Crippen molar-refractivity contribution in [3.8, 4) is 0 Å². The minimum Gasteiger partial charge on any atom is -0.394 e. The lowest BCUT2D eigenvalue weighted by molar-refractivity contribution is -0.123. The maximum absolute atomic E-state index is 12.5. The Bertz CT molecular complexity index is 1210. The summed E-state index contributed by atoms with van der Waals surface area (Å²) in [5.41, 5.74) is 0. The quantitative estimate of drug-likeness (QED) is 0.0420. The number of rotatable bonds is 65. The number of unbranched alkanes of at least 4 members (excludes halogenated alkanes) is 52. The molecule has 0 aromatic carbocycles. The van der Waals surface area contributed by atoms with Crippen LogP contribution in [0.1, 0.15) is 386 Å². The summed E-state index contributed by atoms with van der Waals surface area (Å²) < 4.78 is 0. The van der Waals surface area contributed by atoms with Gasteiger partial charge in [-0.05, 0) is 64.2 Å². The second-order valence-electron chi connectivity index (χ2n) is 23.9. The summed E-state index contributed by atoms with van der Waals surface area (Å²) in [6.45, 7) is 4.34.